The average Bonchev–Trinajstić information content (AvgIpc) is 2.55. The number of nitrogens with one attached hydrogen (secondary N) is 2. The molecule has 2 aliphatic heterocycles. The Morgan fingerprint density at radius 2 is 1.52 bits per heavy atom. The smallest absolute Gasteiger partial charge is 0.0167 e. The predicted octanol–water partition coefficient (Wildman–Crippen LogP) is 2.65. The van der Waals surface area contributed by atoms with E-state index in [4.69, 9.17) is 0 Å². The summed E-state index contributed by atoms with van der Waals surface area (Å²) in [5.41, 5.74) is 0. The van der Waals surface area contributed by atoms with Crippen LogP contribution in [-0.4, -0.2) is 74.2 Å². The Labute approximate surface area is 146 Å². The van der Waals surface area contributed by atoms with Gasteiger partial charge in [-0.05, 0) is 32.7 Å². The van der Waals surface area contributed by atoms with Crippen LogP contribution in [0, 0.1) is 5.92 Å². The fraction of sp³-hybridized carbons (Fsp3) is 1.00. The maximum atomic E-state index is 3.40. The molecule has 0 aromatic heterocycles. The Morgan fingerprint density at radius 1 is 0.957 bits per heavy atom. The van der Waals surface area contributed by atoms with Gasteiger partial charge in [-0.1, -0.05) is 34.6 Å². The monoisotopic (exact) mass is 328 g/mol. The van der Waals surface area contributed by atoms with Crippen LogP contribution in [0.1, 0.15) is 54.9 Å². The largest absolute Gasteiger partial charge is 0.314 e. The molecule has 2 fully saturated rings. The highest BCUT2D eigenvalue weighted by Crippen LogP contribution is 2.03. The molecular weight excluding hydrogens is 284 g/mol. The second-order valence-electron chi connectivity index (χ2n) is 7.52. The van der Waals surface area contributed by atoms with E-state index in [2.05, 4.69) is 68.9 Å². The second-order valence-corrected chi connectivity index (χ2v) is 7.52. The van der Waals surface area contributed by atoms with Crippen molar-refractivity contribution in [3.63, 3.8) is 0 Å². The van der Waals surface area contributed by atoms with Crippen molar-refractivity contribution in [2.75, 3.05) is 52.4 Å². The van der Waals surface area contributed by atoms with Gasteiger partial charge in [-0.2, -0.15) is 0 Å². The van der Waals surface area contributed by atoms with Gasteiger partial charge < -0.3 is 15.5 Å². The second kappa shape index (κ2) is 14.2. The number of hydrogen-bond acceptors (Lipinski definition) is 4. The molecule has 0 aromatic carbocycles. The molecule has 0 aromatic rings. The van der Waals surface area contributed by atoms with Crippen LogP contribution in [0.4, 0.5) is 0 Å². The lowest BCUT2D eigenvalue weighted by atomic mass is 10.2. The number of hydrogen-bond donors (Lipinski definition) is 2. The molecule has 140 valence electrons. The van der Waals surface area contributed by atoms with Crippen LogP contribution in [0.3, 0.4) is 0 Å². The zero-order valence-corrected chi connectivity index (χ0v) is 17.0. The molecule has 0 amide bonds. The third-order valence-corrected chi connectivity index (χ3v) is 4.27. The molecule has 0 spiro atoms. The summed E-state index contributed by atoms with van der Waals surface area (Å²) in [4.78, 5) is 5.03. The van der Waals surface area contributed by atoms with Gasteiger partial charge in [0, 0.05) is 57.9 Å². The van der Waals surface area contributed by atoms with Gasteiger partial charge in [0.15, 0.2) is 0 Å². The van der Waals surface area contributed by atoms with Crippen molar-refractivity contribution in [2.45, 2.75) is 67.0 Å². The van der Waals surface area contributed by atoms with Crippen molar-refractivity contribution in [1.29, 1.82) is 0 Å². The quantitative estimate of drug-likeness (QED) is 0.834. The van der Waals surface area contributed by atoms with Gasteiger partial charge in [-0.15, -0.1) is 0 Å². The lowest BCUT2D eigenvalue weighted by molar-refractivity contribution is 0.180. The summed E-state index contributed by atoms with van der Waals surface area (Å²) in [7, 11) is 0. The summed E-state index contributed by atoms with van der Waals surface area (Å²) in [6.07, 6.45) is 1.28. The van der Waals surface area contributed by atoms with Crippen LogP contribution < -0.4 is 10.6 Å². The molecule has 2 saturated heterocycles. The summed E-state index contributed by atoms with van der Waals surface area (Å²) in [6, 6.07) is 1.47. The van der Waals surface area contributed by atoms with Crippen LogP contribution in [0.2, 0.25) is 0 Å². The minimum absolute atomic E-state index is 0.693. The van der Waals surface area contributed by atoms with Crippen molar-refractivity contribution in [1.82, 2.24) is 20.4 Å². The van der Waals surface area contributed by atoms with Gasteiger partial charge in [-0.25, -0.2) is 0 Å². The highest BCUT2D eigenvalue weighted by Gasteiger charge is 2.13. The van der Waals surface area contributed by atoms with Crippen molar-refractivity contribution in [3.05, 3.63) is 0 Å². The van der Waals surface area contributed by atoms with E-state index in [9.17, 15) is 0 Å². The summed E-state index contributed by atoms with van der Waals surface area (Å²) >= 11 is 0. The van der Waals surface area contributed by atoms with Crippen LogP contribution in [0.5, 0.6) is 0 Å². The van der Waals surface area contributed by atoms with E-state index in [1.807, 2.05) is 0 Å². The molecule has 0 saturated carbocycles. The molecule has 2 N–H and O–H groups in total. The Morgan fingerprint density at radius 3 is 1.91 bits per heavy atom. The van der Waals surface area contributed by atoms with Crippen LogP contribution in [0.25, 0.3) is 0 Å². The van der Waals surface area contributed by atoms with E-state index in [-0.39, 0.29) is 0 Å². The van der Waals surface area contributed by atoms with E-state index < -0.39 is 0 Å². The lowest BCUT2D eigenvalue weighted by Gasteiger charge is -2.32. The summed E-state index contributed by atoms with van der Waals surface area (Å²) in [5.74, 6) is 0.833. The lowest BCUT2D eigenvalue weighted by Crippen LogP contribution is -2.48. The molecule has 2 aliphatic rings. The molecule has 2 rings (SSSR count). The van der Waals surface area contributed by atoms with E-state index >= 15 is 0 Å². The molecule has 2 heterocycles. The SMILES string of the molecule is CC(C)C.CCC(C)N1CCNCC1.CCN1CCN[C@@H](C)C1. The highest BCUT2D eigenvalue weighted by atomic mass is 15.2. The number of piperazine rings is 2. The standard InChI is InChI=1S/C8H18N2.C7H16N2.C4H10/c1-3-8(2)10-6-4-9-5-7-10;1-3-9-5-4-8-7(2)6-9;1-4(2)3/h8-9H,3-7H2,1-2H3;7-8H,3-6H2,1-2H3;4H,1-3H3/t;7-;/m.0./s1. The van der Waals surface area contributed by atoms with E-state index in [1.165, 1.54) is 52.2 Å². The van der Waals surface area contributed by atoms with E-state index in [0.29, 0.717) is 6.04 Å². The summed E-state index contributed by atoms with van der Waals surface area (Å²) in [6.45, 7) is 25.1. The molecule has 1 unspecified atom stereocenters. The Bertz CT molecular complexity index is 249. The molecule has 23 heavy (non-hydrogen) atoms. The normalized spacial score (nSPS) is 24.3. The van der Waals surface area contributed by atoms with Crippen molar-refractivity contribution >= 4 is 0 Å². The maximum absolute atomic E-state index is 3.40. The minimum Gasteiger partial charge on any atom is -0.314 e. The molecule has 0 aliphatic carbocycles. The zero-order chi connectivity index (χ0) is 17.7. The molecule has 4 nitrogen and oxygen atoms in total. The Kier molecular flexibility index (Phi) is 14.1. The fourth-order valence-electron chi connectivity index (χ4n) is 2.68. The van der Waals surface area contributed by atoms with Gasteiger partial charge in [-0.3, -0.25) is 4.90 Å². The minimum atomic E-state index is 0.693. The Balaban J connectivity index is 0.000000345. The molecule has 2 atom stereocenters. The molecule has 4 heteroatoms. The van der Waals surface area contributed by atoms with Crippen molar-refractivity contribution in [3.8, 4) is 0 Å². The molecule has 0 bridgehead atoms. The summed E-state index contributed by atoms with van der Waals surface area (Å²) in [5, 5.41) is 6.76. The van der Waals surface area contributed by atoms with Gasteiger partial charge >= 0.3 is 0 Å². The first-order chi connectivity index (χ1) is 10.9. The fourth-order valence-corrected chi connectivity index (χ4v) is 2.68. The Hall–Kier alpha value is -0.160. The predicted molar refractivity (Wildman–Crippen MR) is 104 cm³/mol. The van der Waals surface area contributed by atoms with Gasteiger partial charge in [0.2, 0.25) is 0 Å². The van der Waals surface area contributed by atoms with Crippen molar-refractivity contribution in [2.24, 2.45) is 5.92 Å². The first-order valence-electron chi connectivity index (χ1n) is 9.81. The number of nitrogens with zero attached hydrogens (tertiary/aromatic N) is 2. The third-order valence-electron chi connectivity index (χ3n) is 4.27. The van der Waals surface area contributed by atoms with E-state index in [1.54, 1.807) is 0 Å². The van der Waals surface area contributed by atoms with Gasteiger partial charge in [0.05, 0.1) is 0 Å². The first-order valence-corrected chi connectivity index (χ1v) is 9.81. The number of rotatable bonds is 3. The van der Waals surface area contributed by atoms with E-state index in [0.717, 1.165) is 18.5 Å². The van der Waals surface area contributed by atoms with Crippen LogP contribution in [-0.2, 0) is 0 Å². The summed E-state index contributed by atoms with van der Waals surface area (Å²) < 4.78 is 0. The van der Waals surface area contributed by atoms with Crippen LogP contribution >= 0.6 is 0 Å². The van der Waals surface area contributed by atoms with Gasteiger partial charge in [0.1, 0.15) is 0 Å². The highest BCUT2D eigenvalue weighted by molar-refractivity contribution is 4.73. The maximum Gasteiger partial charge on any atom is 0.0167 e. The zero-order valence-electron chi connectivity index (χ0n) is 17.0. The average molecular weight is 329 g/mol. The van der Waals surface area contributed by atoms with Crippen molar-refractivity contribution < 1.29 is 0 Å². The van der Waals surface area contributed by atoms with Crippen LogP contribution in [0.15, 0.2) is 0 Å². The molecule has 0 radical (unpaired) electrons. The number of likely N-dealkylation sites (N-methyl/N-ethyl adjacent to an activating group) is 1. The molecular formula is C19H44N4. The third kappa shape index (κ3) is 12.9. The van der Waals surface area contributed by atoms with Gasteiger partial charge in [0.25, 0.3) is 0 Å². The first kappa shape index (κ1) is 22.8. The topological polar surface area (TPSA) is 30.5 Å².